The number of methoxy groups -OCH3 is 1. The van der Waals surface area contributed by atoms with Crippen LogP contribution in [0.3, 0.4) is 0 Å². The van der Waals surface area contributed by atoms with Gasteiger partial charge in [0.05, 0.1) is 25.1 Å². The topological polar surface area (TPSA) is 93.6 Å². The lowest BCUT2D eigenvalue weighted by Gasteiger charge is -2.35. The normalized spacial score (nSPS) is 26.5. The highest BCUT2D eigenvalue weighted by molar-refractivity contribution is 5.88. The number of hydrogen-bond donors (Lipinski definition) is 1. The third kappa shape index (κ3) is 7.68. The van der Waals surface area contributed by atoms with E-state index >= 15 is 4.39 Å². The van der Waals surface area contributed by atoms with E-state index in [9.17, 15) is 32.7 Å². The summed E-state index contributed by atoms with van der Waals surface area (Å²) >= 11 is 0. The molecule has 4 heterocycles. The molecule has 6 rings (SSSR count). The average Bonchev–Trinajstić information content (AvgIpc) is 3.72. The molecule has 2 aromatic rings. The Bertz CT molecular complexity index is 1570. The van der Waals surface area contributed by atoms with Crippen LogP contribution in [-0.2, 0) is 20.6 Å². The summed E-state index contributed by atoms with van der Waals surface area (Å²) in [5.74, 6) is -2.96. The Hall–Kier alpha value is -3.87. The number of carbonyl (C=O) groups is 3. The number of alkyl halides is 4. The highest BCUT2D eigenvalue weighted by Crippen LogP contribution is 2.46. The molecule has 2 amide bonds. The molecule has 0 aromatic heterocycles. The predicted molar refractivity (Wildman–Crippen MR) is 184 cm³/mol. The van der Waals surface area contributed by atoms with Gasteiger partial charge in [0.25, 0.3) is 5.91 Å². The van der Waals surface area contributed by atoms with Gasteiger partial charge in [0.15, 0.2) is 0 Å². The van der Waals surface area contributed by atoms with Crippen molar-refractivity contribution in [2.24, 2.45) is 11.8 Å². The molecule has 0 radical (unpaired) electrons. The molecule has 0 aliphatic carbocycles. The molecule has 51 heavy (non-hydrogen) atoms. The first-order valence-corrected chi connectivity index (χ1v) is 18.1. The fourth-order valence-electron chi connectivity index (χ4n) is 8.62. The van der Waals surface area contributed by atoms with E-state index in [2.05, 4.69) is 0 Å². The van der Waals surface area contributed by atoms with Crippen molar-refractivity contribution in [3.63, 3.8) is 0 Å². The van der Waals surface area contributed by atoms with Crippen molar-refractivity contribution in [1.29, 1.82) is 0 Å². The molecule has 0 spiro atoms. The fraction of sp³-hybridized carbons (Fsp3) is 0.605. The summed E-state index contributed by atoms with van der Waals surface area (Å²) in [6, 6.07) is 10.6. The van der Waals surface area contributed by atoms with Crippen LogP contribution in [0.4, 0.5) is 23.2 Å². The van der Waals surface area contributed by atoms with Gasteiger partial charge in [-0.1, -0.05) is 31.5 Å². The van der Waals surface area contributed by atoms with Crippen molar-refractivity contribution >= 4 is 23.5 Å². The van der Waals surface area contributed by atoms with Crippen LogP contribution in [0.1, 0.15) is 74.0 Å². The summed E-state index contributed by atoms with van der Waals surface area (Å²) in [4.78, 5) is 46.3. The van der Waals surface area contributed by atoms with E-state index in [0.29, 0.717) is 68.0 Å². The molecule has 4 aliphatic rings. The van der Waals surface area contributed by atoms with Gasteiger partial charge in [-0.25, -0.2) is 4.39 Å². The van der Waals surface area contributed by atoms with Gasteiger partial charge in [-0.05, 0) is 73.4 Å². The van der Waals surface area contributed by atoms with E-state index in [1.165, 1.54) is 18.1 Å². The molecule has 4 saturated heterocycles. The number of ether oxygens (including phenoxy) is 1. The fourth-order valence-corrected chi connectivity index (χ4v) is 8.62. The number of nitrogens with zero attached hydrogens (tertiary/aromatic N) is 4. The molecule has 9 nitrogen and oxygen atoms in total. The van der Waals surface area contributed by atoms with Crippen molar-refractivity contribution in [1.82, 2.24) is 14.7 Å². The number of benzene rings is 2. The van der Waals surface area contributed by atoms with Crippen molar-refractivity contribution in [3.05, 3.63) is 59.2 Å². The molecule has 0 unspecified atom stereocenters. The minimum atomic E-state index is -4.57. The first kappa shape index (κ1) is 36.9. The zero-order valence-electron chi connectivity index (χ0n) is 29.3. The van der Waals surface area contributed by atoms with Crippen molar-refractivity contribution < 1.29 is 41.8 Å². The third-order valence-corrected chi connectivity index (χ3v) is 11.6. The van der Waals surface area contributed by atoms with Gasteiger partial charge in [0.2, 0.25) is 11.6 Å². The molecule has 0 bridgehead atoms. The Morgan fingerprint density at radius 2 is 1.61 bits per heavy atom. The monoisotopic (exact) mass is 716 g/mol. The van der Waals surface area contributed by atoms with Crippen LogP contribution >= 0.6 is 0 Å². The number of carbonyl (C=O) groups excluding carboxylic acids is 2. The zero-order valence-corrected chi connectivity index (χ0v) is 29.3. The molecule has 4 fully saturated rings. The molecule has 4 atom stereocenters. The number of halogens is 4. The lowest BCUT2D eigenvalue weighted by molar-refractivity contribution is -0.144. The second kappa shape index (κ2) is 15.0. The molecule has 2 aromatic carbocycles. The average molecular weight is 717 g/mol. The van der Waals surface area contributed by atoms with Crippen molar-refractivity contribution in [2.75, 3.05) is 70.9 Å². The van der Waals surface area contributed by atoms with Crippen LogP contribution in [0, 0.1) is 11.8 Å². The number of rotatable bonds is 9. The molecular formula is C38H48F4N4O5. The van der Waals surface area contributed by atoms with Crippen LogP contribution in [0.5, 0.6) is 5.75 Å². The first-order valence-electron chi connectivity index (χ1n) is 18.1. The maximum Gasteiger partial charge on any atom is 0.416 e. The number of likely N-dealkylation sites (tertiary alicyclic amines) is 3. The van der Waals surface area contributed by atoms with Gasteiger partial charge in [-0.15, -0.1) is 0 Å². The van der Waals surface area contributed by atoms with E-state index < -0.39 is 41.1 Å². The zero-order chi connectivity index (χ0) is 36.5. The predicted octanol–water partition coefficient (Wildman–Crippen LogP) is 5.79. The largest absolute Gasteiger partial charge is 0.497 e. The van der Waals surface area contributed by atoms with E-state index in [1.54, 1.807) is 29.2 Å². The minimum Gasteiger partial charge on any atom is -0.497 e. The lowest BCUT2D eigenvalue weighted by atomic mass is 9.84. The molecule has 13 heteroatoms. The molecule has 4 aliphatic heterocycles. The van der Waals surface area contributed by atoms with Crippen LogP contribution in [0.25, 0.3) is 0 Å². The summed E-state index contributed by atoms with van der Waals surface area (Å²) in [5.41, 5.74) is -1.47. The molecule has 1 N–H and O–H groups in total. The SMILES string of the molecule is CC[C@H]1CN(C(=O)[C@]2(F)CN(CC(=O)N3CCCCC3)C[C@H]2c2ccc(OC)cc2)C[C@@H]1c1ccc(C(F)(F)F)cc1N1CCC(C(=O)O)CC1. The summed E-state index contributed by atoms with van der Waals surface area (Å²) in [6.45, 7) is 4.21. The number of aliphatic carboxylic acids is 1. The Balaban J connectivity index is 1.28. The number of piperidine rings is 2. The quantitative estimate of drug-likeness (QED) is 0.329. The second-order valence-corrected chi connectivity index (χ2v) is 14.7. The van der Waals surface area contributed by atoms with Gasteiger partial charge < -0.3 is 24.5 Å². The number of carboxylic acid groups (broad SMARTS) is 1. The van der Waals surface area contributed by atoms with Gasteiger partial charge in [0, 0.05) is 69.9 Å². The van der Waals surface area contributed by atoms with Crippen LogP contribution in [0.2, 0.25) is 0 Å². The van der Waals surface area contributed by atoms with E-state index in [-0.39, 0.29) is 50.5 Å². The smallest absolute Gasteiger partial charge is 0.416 e. The van der Waals surface area contributed by atoms with E-state index in [1.807, 2.05) is 16.7 Å². The van der Waals surface area contributed by atoms with Gasteiger partial charge in [-0.3, -0.25) is 19.3 Å². The Kier molecular flexibility index (Phi) is 10.9. The number of hydrogen-bond acceptors (Lipinski definition) is 6. The highest BCUT2D eigenvalue weighted by atomic mass is 19.4. The highest BCUT2D eigenvalue weighted by Gasteiger charge is 2.57. The summed E-state index contributed by atoms with van der Waals surface area (Å²) < 4.78 is 64.8. The Morgan fingerprint density at radius 3 is 2.22 bits per heavy atom. The number of amides is 2. The van der Waals surface area contributed by atoms with Gasteiger partial charge >= 0.3 is 12.1 Å². The van der Waals surface area contributed by atoms with E-state index in [0.717, 1.165) is 31.4 Å². The Morgan fingerprint density at radius 1 is 0.922 bits per heavy atom. The van der Waals surface area contributed by atoms with Gasteiger partial charge in [-0.2, -0.15) is 13.2 Å². The van der Waals surface area contributed by atoms with Crippen LogP contribution < -0.4 is 9.64 Å². The number of anilines is 1. The lowest BCUT2D eigenvalue weighted by Crippen LogP contribution is -2.50. The minimum absolute atomic E-state index is 0.0132. The standard InChI is InChI=1S/C38H48F4N4O5/c1-3-25-20-46(21-31(25)30-12-9-28(38(40,41)42)19-33(30)44-17-13-27(14-18-44)35(48)49)36(50)37(39)24-43(23-34(47)45-15-5-4-6-16-45)22-32(37)26-7-10-29(51-2)11-8-26/h7-12,19,25,27,31-32H,3-6,13-18,20-24H2,1-2H3,(H,48,49)/t25-,31-,32-,37-/m0/s1. The second-order valence-electron chi connectivity index (χ2n) is 14.7. The molecular weight excluding hydrogens is 668 g/mol. The van der Waals surface area contributed by atoms with Crippen LogP contribution in [0.15, 0.2) is 42.5 Å². The third-order valence-electron chi connectivity index (χ3n) is 11.6. The Labute approximate surface area is 296 Å². The summed E-state index contributed by atoms with van der Waals surface area (Å²) in [5, 5.41) is 9.50. The van der Waals surface area contributed by atoms with Crippen molar-refractivity contribution in [3.8, 4) is 5.75 Å². The molecule has 0 saturated carbocycles. The first-order chi connectivity index (χ1) is 24.3. The van der Waals surface area contributed by atoms with Gasteiger partial charge in [0.1, 0.15) is 5.75 Å². The number of carboxylic acids is 1. The maximum atomic E-state index is 17.7. The van der Waals surface area contributed by atoms with Crippen molar-refractivity contribution in [2.45, 2.75) is 69.1 Å². The summed E-state index contributed by atoms with van der Waals surface area (Å²) in [7, 11) is 1.54. The van der Waals surface area contributed by atoms with Crippen LogP contribution in [-0.4, -0.2) is 109 Å². The maximum absolute atomic E-state index is 17.7. The van der Waals surface area contributed by atoms with E-state index in [4.69, 9.17) is 4.74 Å². The molecule has 278 valence electrons. The summed E-state index contributed by atoms with van der Waals surface area (Å²) in [6.07, 6.45) is -0.398.